The molecule has 2 aliphatic rings. The molecular weight excluding hydrogens is 379 g/mol. The second kappa shape index (κ2) is 7.71. The molecule has 2 heterocycles. The molecule has 0 saturated carbocycles. The molecule has 0 bridgehead atoms. The predicted octanol–water partition coefficient (Wildman–Crippen LogP) is 4.70. The van der Waals surface area contributed by atoms with Crippen LogP contribution >= 0.6 is 0 Å². The summed E-state index contributed by atoms with van der Waals surface area (Å²) in [5.41, 5.74) is 3.90. The molecule has 2 aliphatic heterocycles. The largest absolute Gasteiger partial charge is 0.366 e. The molecule has 0 radical (unpaired) electrons. The van der Waals surface area contributed by atoms with Gasteiger partial charge in [0, 0.05) is 13.1 Å². The number of anilines is 1. The number of halogens is 1. The van der Waals surface area contributed by atoms with Crippen LogP contribution in [0.5, 0.6) is 0 Å². The van der Waals surface area contributed by atoms with E-state index in [-0.39, 0.29) is 17.6 Å². The van der Waals surface area contributed by atoms with Crippen LogP contribution in [0.1, 0.15) is 37.0 Å². The zero-order valence-corrected chi connectivity index (χ0v) is 17.9. The number of piperidine rings is 1. The average Bonchev–Trinajstić information content (AvgIpc) is 2.94. The maximum atomic E-state index is 13.7. The summed E-state index contributed by atoms with van der Waals surface area (Å²) >= 11 is 0. The van der Waals surface area contributed by atoms with E-state index in [0.29, 0.717) is 34.4 Å². The van der Waals surface area contributed by atoms with Crippen LogP contribution in [-0.2, 0) is 9.59 Å². The molecule has 30 heavy (non-hydrogen) atoms. The number of imide groups is 1. The summed E-state index contributed by atoms with van der Waals surface area (Å²) in [6.45, 7) is 9.68. The molecule has 0 spiro atoms. The molecule has 4 rings (SSSR count). The van der Waals surface area contributed by atoms with Gasteiger partial charge in [-0.25, -0.2) is 9.29 Å². The summed E-state index contributed by atoms with van der Waals surface area (Å²) < 4.78 is 13.6. The van der Waals surface area contributed by atoms with Gasteiger partial charge in [-0.3, -0.25) is 9.59 Å². The first-order valence-electron chi connectivity index (χ1n) is 10.5. The number of aryl methyl sites for hydroxylation is 1. The van der Waals surface area contributed by atoms with E-state index in [9.17, 15) is 14.0 Å². The summed E-state index contributed by atoms with van der Waals surface area (Å²) in [5, 5.41) is 0. The lowest BCUT2D eigenvalue weighted by Crippen LogP contribution is -2.42. The number of carbonyl (C=O) groups excluding carboxylic acids is 2. The van der Waals surface area contributed by atoms with Gasteiger partial charge in [-0.15, -0.1) is 0 Å². The number of nitrogens with zero attached hydrogens (tertiary/aromatic N) is 2. The first-order chi connectivity index (χ1) is 14.3. The van der Waals surface area contributed by atoms with E-state index in [0.717, 1.165) is 30.6 Å². The third kappa shape index (κ3) is 3.42. The van der Waals surface area contributed by atoms with Crippen molar-refractivity contribution in [2.75, 3.05) is 18.0 Å². The van der Waals surface area contributed by atoms with Gasteiger partial charge in [-0.1, -0.05) is 38.1 Å². The van der Waals surface area contributed by atoms with Crippen LogP contribution in [0.3, 0.4) is 0 Å². The molecule has 4 nitrogen and oxygen atoms in total. The first kappa shape index (κ1) is 20.3. The van der Waals surface area contributed by atoms with Crippen LogP contribution < -0.4 is 4.90 Å². The van der Waals surface area contributed by atoms with E-state index in [4.69, 9.17) is 0 Å². The number of benzene rings is 2. The van der Waals surface area contributed by atoms with Crippen molar-refractivity contribution < 1.29 is 14.0 Å². The molecule has 0 N–H and O–H groups in total. The van der Waals surface area contributed by atoms with E-state index >= 15 is 0 Å². The highest BCUT2D eigenvalue weighted by Crippen LogP contribution is 2.38. The van der Waals surface area contributed by atoms with Crippen molar-refractivity contribution in [2.45, 2.75) is 34.1 Å². The number of amides is 2. The fourth-order valence-electron chi connectivity index (χ4n) is 4.73. The van der Waals surface area contributed by atoms with Crippen molar-refractivity contribution >= 4 is 23.1 Å². The topological polar surface area (TPSA) is 40.6 Å². The minimum absolute atomic E-state index is 0.297. The van der Waals surface area contributed by atoms with Crippen molar-refractivity contribution in [1.82, 2.24) is 4.90 Å². The van der Waals surface area contributed by atoms with Crippen LogP contribution in [0.15, 0.2) is 48.2 Å². The Balaban J connectivity index is 1.86. The summed E-state index contributed by atoms with van der Waals surface area (Å²) in [5.74, 6) is -0.165. The van der Waals surface area contributed by atoms with Crippen molar-refractivity contribution in [3.63, 3.8) is 0 Å². The standard InChI is InChI=1S/C25H27FN2O2/c1-15-12-16(2)14-27(13-15)23-22(19-8-10-20(26)11-9-19)24(29)28(25(23)30)21-7-5-6-17(3)18(21)4/h5-11,15-16H,12-14H2,1-4H3. The molecule has 0 aromatic heterocycles. The average molecular weight is 407 g/mol. The minimum Gasteiger partial charge on any atom is -0.366 e. The zero-order valence-electron chi connectivity index (χ0n) is 17.9. The highest BCUT2D eigenvalue weighted by molar-refractivity contribution is 6.45. The summed E-state index contributed by atoms with van der Waals surface area (Å²) in [4.78, 5) is 30.6. The lowest BCUT2D eigenvalue weighted by Gasteiger charge is -2.37. The minimum atomic E-state index is -0.371. The number of likely N-dealkylation sites (tertiary alicyclic amines) is 1. The lowest BCUT2D eigenvalue weighted by molar-refractivity contribution is -0.120. The SMILES string of the molecule is Cc1cccc(N2C(=O)C(c3ccc(F)cc3)=C(N3CC(C)CC(C)C3)C2=O)c1C. The molecule has 2 aromatic carbocycles. The Hall–Kier alpha value is -2.95. The Labute approximate surface area is 177 Å². The first-order valence-corrected chi connectivity index (χ1v) is 10.5. The molecule has 1 saturated heterocycles. The fourth-order valence-corrected chi connectivity index (χ4v) is 4.73. The number of carbonyl (C=O) groups is 2. The number of hydrogen-bond acceptors (Lipinski definition) is 3. The molecule has 2 unspecified atom stereocenters. The Kier molecular flexibility index (Phi) is 5.22. The molecule has 1 fully saturated rings. The van der Waals surface area contributed by atoms with Gasteiger partial charge >= 0.3 is 0 Å². The molecular formula is C25H27FN2O2. The number of rotatable bonds is 3. The van der Waals surface area contributed by atoms with E-state index < -0.39 is 0 Å². The molecule has 156 valence electrons. The Bertz CT molecular complexity index is 1030. The maximum Gasteiger partial charge on any atom is 0.282 e. The van der Waals surface area contributed by atoms with Gasteiger partial charge in [0.15, 0.2) is 0 Å². The fraction of sp³-hybridized carbons (Fsp3) is 0.360. The van der Waals surface area contributed by atoms with Gasteiger partial charge in [0.1, 0.15) is 11.5 Å². The van der Waals surface area contributed by atoms with Crippen LogP contribution in [0.4, 0.5) is 10.1 Å². The highest BCUT2D eigenvalue weighted by atomic mass is 19.1. The quantitative estimate of drug-likeness (QED) is 0.694. The van der Waals surface area contributed by atoms with Crippen LogP contribution in [-0.4, -0.2) is 29.8 Å². The monoisotopic (exact) mass is 406 g/mol. The summed E-state index contributed by atoms with van der Waals surface area (Å²) in [6, 6.07) is 11.5. The van der Waals surface area contributed by atoms with Crippen LogP contribution in [0, 0.1) is 31.5 Å². The van der Waals surface area contributed by atoms with Crippen molar-refractivity contribution in [2.24, 2.45) is 11.8 Å². The van der Waals surface area contributed by atoms with Gasteiger partial charge in [0.05, 0.1) is 11.3 Å². The second-order valence-electron chi connectivity index (χ2n) is 8.75. The van der Waals surface area contributed by atoms with E-state index in [1.165, 1.54) is 17.0 Å². The summed E-state index contributed by atoms with van der Waals surface area (Å²) in [7, 11) is 0. The maximum absolute atomic E-state index is 13.7. The lowest BCUT2D eigenvalue weighted by atomic mass is 9.91. The molecule has 2 amide bonds. The Morgan fingerprint density at radius 1 is 0.900 bits per heavy atom. The third-order valence-corrected chi connectivity index (χ3v) is 6.19. The van der Waals surface area contributed by atoms with Crippen LogP contribution in [0.25, 0.3) is 5.57 Å². The Morgan fingerprint density at radius 3 is 2.17 bits per heavy atom. The number of hydrogen-bond donors (Lipinski definition) is 0. The zero-order chi connectivity index (χ0) is 21.6. The Morgan fingerprint density at radius 2 is 1.53 bits per heavy atom. The normalized spacial score (nSPS) is 22.3. The second-order valence-corrected chi connectivity index (χ2v) is 8.75. The predicted molar refractivity (Wildman–Crippen MR) is 116 cm³/mol. The van der Waals surface area contributed by atoms with Gasteiger partial charge in [0.2, 0.25) is 0 Å². The highest BCUT2D eigenvalue weighted by Gasteiger charge is 2.44. The smallest absolute Gasteiger partial charge is 0.282 e. The van der Waals surface area contributed by atoms with E-state index in [1.807, 2.05) is 32.0 Å². The van der Waals surface area contributed by atoms with Gasteiger partial charge in [-0.2, -0.15) is 0 Å². The molecule has 5 heteroatoms. The molecule has 2 aromatic rings. The van der Waals surface area contributed by atoms with Gasteiger partial charge in [-0.05, 0) is 67.0 Å². The van der Waals surface area contributed by atoms with E-state index in [2.05, 4.69) is 18.7 Å². The van der Waals surface area contributed by atoms with E-state index in [1.54, 1.807) is 12.1 Å². The van der Waals surface area contributed by atoms with Crippen molar-refractivity contribution in [3.05, 3.63) is 70.7 Å². The van der Waals surface area contributed by atoms with Crippen molar-refractivity contribution in [3.8, 4) is 0 Å². The summed E-state index contributed by atoms with van der Waals surface area (Å²) in [6.07, 6.45) is 1.10. The third-order valence-electron chi connectivity index (χ3n) is 6.19. The van der Waals surface area contributed by atoms with Crippen LogP contribution in [0.2, 0.25) is 0 Å². The van der Waals surface area contributed by atoms with Crippen molar-refractivity contribution in [1.29, 1.82) is 0 Å². The van der Waals surface area contributed by atoms with Gasteiger partial charge in [0.25, 0.3) is 11.8 Å². The molecule has 2 atom stereocenters. The molecule has 0 aliphatic carbocycles. The van der Waals surface area contributed by atoms with Gasteiger partial charge < -0.3 is 4.90 Å².